The maximum absolute atomic E-state index is 11.7. The van der Waals surface area contributed by atoms with E-state index in [2.05, 4.69) is 49.1 Å². The minimum absolute atomic E-state index is 0.230. The molecule has 1 aromatic heterocycles. The van der Waals surface area contributed by atoms with Gasteiger partial charge in [0, 0.05) is 15.5 Å². The van der Waals surface area contributed by atoms with Gasteiger partial charge in [0.2, 0.25) is 0 Å². The van der Waals surface area contributed by atoms with Crippen molar-refractivity contribution in [3.8, 4) is 0 Å². The molecule has 1 atom stereocenters. The monoisotopic (exact) mass is 454 g/mol. The molecular formula is C24H26N2O3S2. The summed E-state index contributed by atoms with van der Waals surface area (Å²) in [5, 5.41) is 0. The van der Waals surface area contributed by atoms with E-state index in [1.807, 2.05) is 30.3 Å². The standard InChI is InChI=1S/C24H26N2O3S2/c1-3-17-12-13-24-22(16-17)26(21-10-5-6-11-23(21)30-24)20(14-15-31(27,28)29)19-9-7-8-18(4-2)25-19/h5-13,16,20H,3-4,14-15H2,1-2H3,(H,27,28,29). The summed E-state index contributed by atoms with van der Waals surface area (Å²) in [7, 11) is -4.11. The topological polar surface area (TPSA) is 70.5 Å². The van der Waals surface area contributed by atoms with Crippen molar-refractivity contribution in [3.05, 3.63) is 77.6 Å². The Hall–Kier alpha value is -2.35. The second kappa shape index (κ2) is 9.02. The fourth-order valence-corrected chi connectivity index (χ4v) is 5.51. The summed E-state index contributed by atoms with van der Waals surface area (Å²) < 4.78 is 32.9. The van der Waals surface area contributed by atoms with Crippen LogP contribution in [0.3, 0.4) is 0 Å². The number of anilines is 2. The zero-order valence-electron chi connectivity index (χ0n) is 17.7. The van der Waals surface area contributed by atoms with E-state index >= 15 is 0 Å². The Balaban J connectivity index is 1.90. The van der Waals surface area contributed by atoms with Crippen molar-refractivity contribution in [2.75, 3.05) is 10.7 Å². The number of aromatic nitrogens is 1. The van der Waals surface area contributed by atoms with Crippen LogP contribution in [0.2, 0.25) is 0 Å². The van der Waals surface area contributed by atoms with E-state index in [9.17, 15) is 13.0 Å². The van der Waals surface area contributed by atoms with Crippen molar-refractivity contribution in [2.45, 2.75) is 48.9 Å². The number of pyridine rings is 1. The van der Waals surface area contributed by atoms with Crippen LogP contribution in [0.4, 0.5) is 11.4 Å². The number of nitrogens with zero attached hydrogens (tertiary/aromatic N) is 2. The average Bonchev–Trinajstić information content (AvgIpc) is 2.77. The van der Waals surface area contributed by atoms with E-state index in [0.717, 1.165) is 45.4 Å². The lowest BCUT2D eigenvalue weighted by Crippen LogP contribution is -2.29. The van der Waals surface area contributed by atoms with Crippen LogP contribution in [0.1, 0.15) is 43.3 Å². The molecule has 0 radical (unpaired) electrons. The molecule has 1 N–H and O–H groups in total. The lowest BCUT2D eigenvalue weighted by molar-refractivity contribution is 0.476. The molecule has 0 amide bonds. The van der Waals surface area contributed by atoms with Gasteiger partial charge in [-0.25, -0.2) is 0 Å². The van der Waals surface area contributed by atoms with Gasteiger partial charge in [0.05, 0.1) is 28.9 Å². The lowest BCUT2D eigenvalue weighted by atomic mass is 10.0. The highest BCUT2D eigenvalue weighted by Gasteiger charge is 2.32. The molecule has 1 unspecified atom stereocenters. The summed E-state index contributed by atoms with van der Waals surface area (Å²) in [6.45, 7) is 4.17. The van der Waals surface area contributed by atoms with E-state index in [0.29, 0.717) is 0 Å². The predicted octanol–water partition coefficient (Wildman–Crippen LogP) is 5.83. The van der Waals surface area contributed by atoms with Gasteiger partial charge in [0.25, 0.3) is 10.1 Å². The number of rotatable bonds is 7. The van der Waals surface area contributed by atoms with Crippen LogP contribution < -0.4 is 4.90 Å². The Labute approximate surface area is 188 Å². The first-order chi connectivity index (χ1) is 14.9. The minimum atomic E-state index is -4.11. The van der Waals surface area contributed by atoms with E-state index < -0.39 is 10.1 Å². The Morgan fingerprint density at radius 3 is 2.48 bits per heavy atom. The predicted molar refractivity (Wildman–Crippen MR) is 126 cm³/mol. The Morgan fingerprint density at radius 2 is 1.74 bits per heavy atom. The second-order valence-electron chi connectivity index (χ2n) is 7.59. The highest BCUT2D eigenvalue weighted by Crippen LogP contribution is 2.52. The first kappa shape index (κ1) is 21.9. The summed E-state index contributed by atoms with van der Waals surface area (Å²) in [6, 6.07) is 20.2. The summed E-state index contributed by atoms with van der Waals surface area (Å²) >= 11 is 1.72. The fourth-order valence-electron chi connectivity index (χ4n) is 3.93. The maximum Gasteiger partial charge on any atom is 0.264 e. The fraction of sp³-hybridized carbons (Fsp3) is 0.292. The van der Waals surface area contributed by atoms with Crippen LogP contribution in [0.25, 0.3) is 0 Å². The molecule has 0 bridgehead atoms. The number of hydrogen-bond donors (Lipinski definition) is 1. The van der Waals surface area contributed by atoms with Gasteiger partial charge >= 0.3 is 0 Å². The number of aryl methyl sites for hydroxylation is 2. The summed E-state index contributed by atoms with van der Waals surface area (Å²) in [5.74, 6) is -0.329. The van der Waals surface area contributed by atoms with Crippen LogP contribution >= 0.6 is 11.8 Å². The van der Waals surface area contributed by atoms with Crippen LogP contribution in [-0.4, -0.2) is 23.7 Å². The maximum atomic E-state index is 11.7. The van der Waals surface area contributed by atoms with E-state index in [1.165, 1.54) is 5.56 Å². The summed E-state index contributed by atoms with van der Waals surface area (Å²) in [5.41, 5.74) is 5.05. The number of fused-ring (bicyclic) bond motifs is 2. The molecule has 0 spiro atoms. The van der Waals surface area contributed by atoms with Crippen molar-refractivity contribution in [1.82, 2.24) is 4.98 Å². The summed E-state index contributed by atoms with van der Waals surface area (Å²) in [6.07, 6.45) is 1.93. The molecule has 0 saturated carbocycles. The van der Waals surface area contributed by atoms with E-state index in [1.54, 1.807) is 11.8 Å². The molecule has 2 heterocycles. The first-order valence-corrected chi connectivity index (χ1v) is 12.9. The molecule has 7 heteroatoms. The van der Waals surface area contributed by atoms with E-state index in [-0.39, 0.29) is 18.2 Å². The van der Waals surface area contributed by atoms with Crippen LogP contribution in [-0.2, 0) is 23.0 Å². The third-order valence-electron chi connectivity index (χ3n) is 5.53. The zero-order valence-corrected chi connectivity index (χ0v) is 19.3. The molecule has 0 fully saturated rings. The second-order valence-corrected chi connectivity index (χ2v) is 10.2. The molecule has 162 valence electrons. The van der Waals surface area contributed by atoms with Crippen LogP contribution in [0.15, 0.2) is 70.5 Å². The largest absolute Gasteiger partial charge is 0.330 e. The Morgan fingerprint density at radius 1 is 0.968 bits per heavy atom. The quantitative estimate of drug-likeness (QED) is 0.453. The third-order valence-corrected chi connectivity index (χ3v) is 7.41. The van der Waals surface area contributed by atoms with Crippen molar-refractivity contribution < 1.29 is 13.0 Å². The first-order valence-electron chi connectivity index (χ1n) is 10.5. The number of para-hydroxylation sites is 1. The molecule has 3 aromatic rings. The normalized spacial score (nSPS) is 14.1. The van der Waals surface area contributed by atoms with Gasteiger partial charge in [-0.1, -0.05) is 49.9 Å². The van der Waals surface area contributed by atoms with Crippen LogP contribution in [0.5, 0.6) is 0 Å². The lowest BCUT2D eigenvalue weighted by Gasteiger charge is -2.39. The molecule has 0 aliphatic carbocycles. The van der Waals surface area contributed by atoms with Crippen molar-refractivity contribution in [1.29, 1.82) is 0 Å². The van der Waals surface area contributed by atoms with Gasteiger partial charge in [-0.05, 0) is 61.2 Å². The Kier molecular flexibility index (Phi) is 6.36. The van der Waals surface area contributed by atoms with E-state index in [4.69, 9.17) is 4.98 Å². The third kappa shape index (κ3) is 4.79. The van der Waals surface area contributed by atoms with Gasteiger partial charge in [-0.3, -0.25) is 9.54 Å². The van der Waals surface area contributed by atoms with Gasteiger partial charge in [0.15, 0.2) is 0 Å². The van der Waals surface area contributed by atoms with Crippen molar-refractivity contribution in [3.63, 3.8) is 0 Å². The zero-order chi connectivity index (χ0) is 22.0. The highest BCUT2D eigenvalue weighted by atomic mass is 32.2. The van der Waals surface area contributed by atoms with Gasteiger partial charge in [0.1, 0.15) is 0 Å². The molecule has 1 aliphatic rings. The highest BCUT2D eigenvalue weighted by molar-refractivity contribution is 7.99. The van der Waals surface area contributed by atoms with Gasteiger partial charge < -0.3 is 4.90 Å². The SMILES string of the molecule is CCc1ccc2c(c1)N(C(CCS(=O)(=O)O)c1cccc(CC)n1)c1ccccc1S2. The molecule has 0 saturated heterocycles. The van der Waals surface area contributed by atoms with Crippen molar-refractivity contribution in [2.24, 2.45) is 0 Å². The summed E-state index contributed by atoms with van der Waals surface area (Å²) in [4.78, 5) is 9.27. The smallest absolute Gasteiger partial charge is 0.264 e. The van der Waals surface area contributed by atoms with Gasteiger partial charge in [-0.2, -0.15) is 8.42 Å². The molecule has 2 aromatic carbocycles. The minimum Gasteiger partial charge on any atom is -0.330 e. The molecule has 4 rings (SSSR count). The average molecular weight is 455 g/mol. The van der Waals surface area contributed by atoms with Crippen molar-refractivity contribution >= 4 is 33.3 Å². The van der Waals surface area contributed by atoms with Crippen LogP contribution in [0, 0.1) is 0 Å². The number of hydrogen-bond acceptors (Lipinski definition) is 5. The Bertz CT molecular complexity index is 1190. The van der Waals surface area contributed by atoms with Gasteiger partial charge in [-0.15, -0.1) is 0 Å². The molecule has 31 heavy (non-hydrogen) atoms. The molecule has 1 aliphatic heterocycles. The molecular weight excluding hydrogens is 428 g/mol. The number of benzene rings is 2. The molecule has 5 nitrogen and oxygen atoms in total.